The van der Waals surface area contributed by atoms with Crippen LogP contribution in [0.2, 0.25) is 0 Å². The fourth-order valence-corrected chi connectivity index (χ4v) is 3.94. The zero-order valence-electron chi connectivity index (χ0n) is 13.2. The van der Waals surface area contributed by atoms with Crippen LogP contribution in [-0.4, -0.2) is 37.1 Å². The SMILES string of the molecule is CN(C)C1(CNC2CC(c3ccc(F)cc3)C2)CCCC1. The molecule has 0 amide bonds. The predicted molar refractivity (Wildman–Crippen MR) is 85.1 cm³/mol. The average Bonchev–Trinajstić information content (AvgIpc) is 2.89. The lowest BCUT2D eigenvalue weighted by molar-refractivity contribution is 0.138. The predicted octanol–water partition coefficient (Wildman–Crippen LogP) is 3.54. The summed E-state index contributed by atoms with van der Waals surface area (Å²) in [7, 11) is 4.43. The Bertz CT molecular complexity index is 457. The normalized spacial score (nSPS) is 27.8. The number of benzene rings is 1. The molecule has 0 aliphatic heterocycles. The second-order valence-corrected chi connectivity index (χ2v) is 7.12. The van der Waals surface area contributed by atoms with Crippen molar-refractivity contribution in [1.29, 1.82) is 0 Å². The third-order valence-electron chi connectivity index (χ3n) is 5.68. The van der Waals surface area contributed by atoms with E-state index >= 15 is 0 Å². The molecule has 2 aliphatic rings. The van der Waals surface area contributed by atoms with E-state index in [4.69, 9.17) is 0 Å². The van der Waals surface area contributed by atoms with Crippen LogP contribution in [0, 0.1) is 5.82 Å². The van der Waals surface area contributed by atoms with Crippen molar-refractivity contribution < 1.29 is 4.39 Å². The van der Waals surface area contributed by atoms with Crippen molar-refractivity contribution >= 4 is 0 Å². The minimum absolute atomic E-state index is 0.137. The van der Waals surface area contributed by atoms with E-state index in [9.17, 15) is 4.39 Å². The molecule has 2 saturated carbocycles. The smallest absolute Gasteiger partial charge is 0.123 e. The topological polar surface area (TPSA) is 15.3 Å². The molecule has 116 valence electrons. The van der Waals surface area contributed by atoms with E-state index in [1.807, 2.05) is 12.1 Å². The maximum absolute atomic E-state index is 12.9. The van der Waals surface area contributed by atoms with Gasteiger partial charge in [0.05, 0.1) is 0 Å². The van der Waals surface area contributed by atoms with E-state index in [0.717, 1.165) is 6.54 Å². The summed E-state index contributed by atoms with van der Waals surface area (Å²) >= 11 is 0. The lowest BCUT2D eigenvalue weighted by atomic mass is 9.75. The van der Waals surface area contributed by atoms with Crippen LogP contribution < -0.4 is 5.32 Å². The molecule has 3 rings (SSSR count). The molecule has 2 fully saturated rings. The van der Waals surface area contributed by atoms with Crippen LogP contribution >= 0.6 is 0 Å². The van der Waals surface area contributed by atoms with Gasteiger partial charge in [-0.15, -0.1) is 0 Å². The van der Waals surface area contributed by atoms with Gasteiger partial charge in [-0.1, -0.05) is 25.0 Å². The quantitative estimate of drug-likeness (QED) is 0.892. The van der Waals surface area contributed by atoms with Crippen LogP contribution in [0.3, 0.4) is 0 Å². The third-order valence-corrected chi connectivity index (χ3v) is 5.68. The second-order valence-electron chi connectivity index (χ2n) is 7.12. The average molecular weight is 290 g/mol. The monoisotopic (exact) mass is 290 g/mol. The van der Waals surface area contributed by atoms with E-state index < -0.39 is 0 Å². The van der Waals surface area contributed by atoms with Crippen molar-refractivity contribution in [2.24, 2.45) is 0 Å². The molecule has 0 heterocycles. The first kappa shape index (κ1) is 15.0. The molecule has 1 aromatic rings. The number of hydrogen-bond acceptors (Lipinski definition) is 2. The van der Waals surface area contributed by atoms with E-state index in [2.05, 4.69) is 24.3 Å². The minimum atomic E-state index is -0.137. The molecule has 1 aromatic carbocycles. The zero-order chi connectivity index (χ0) is 14.9. The molecule has 0 aromatic heterocycles. The van der Waals surface area contributed by atoms with Crippen molar-refractivity contribution in [3.63, 3.8) is 0 Å². The van der Waals surface area contributed by atoms with Crippen molar-refractivity contribution in [2.45, 2.75) is 56.0 Å². The highest BCUT2D eigenvalue weighted by atomic mass is 19.1. The Morgan fingerprint density at radius 1 is 1.14 bits per heavy atom. The summed E-state index contributed by atoms with van der Waals surface area (Å²) in [6, 6.07) is 7.67. The van der Waals surface area contributed by atoms with Gasteiger partial charge in [-0.2, -0.15) is 0 Å². The van der Waals surface area contributed by atoms with Gasteiger partial charge in [0.25, 0.3) is 0 Å². The van der Waals surface area contributed by atoms with E-state index in [1.54, 1.807) is 12.1 Å². The molecule has 0 unspecified atom stereocenters. The molecular weight excluding hydrogens is 263 g/mol. The summed E-state index contributed by atoms with van der Waals surface area (Å²) in [5.74, 6) is 0.476. The number of nitrogens with one attached hydrogen (secondary N) is 1. The Kier molecular flexibility index (Phi) is 4.32. The fourth-order valence-electron chi connectivity index (χ4n) is 3.94. The van der Waals surface area contributed by atoms with Crippen molar-refractivity contribution in [3.05, 3.63) is 35.6 Å². The van der Waals surface area contributed by atoms with Gasteiger partial charge in [0, 0.05) is 18.1 Å². The van der Waals surface area contributed by atoms with Gasteiger partial charge in [0.15, 0.2) is 0 Å². The highest BCUT2D eigenvalue weighted by Gasteiger charge is 2.38. The van der Waals surface area contributed by atoms with Crippen molar-refractivity contribution in [2.75, 3.05) is 20.6 Å². The van der Waals surface area contributed by atoms with Crippen LogP contribution in [0.25, 0.3) is 0 Å². The number of hydrogen-bond donors (Lipinski definition) is 1. The maximum Gasteiger partial charge on any atom is 0.123 e. The van der Waals surface area contributed by atoms with Gasteiger partial charge in [0.2, 0.25) is 0 Å². The Labute approximate surface area is 127 Å². The number of halogens is 1. The van der Waals surface area contributed by atoms with Gasteiger partial charge in [-0.25, -0.2) is 4.39 Å². The standard InChI is InChI=1S/C18H27FN2/c1-21(2)18(9-3-4-10-18)13-20-17-11-15(12-17)14-5-7-16(19)8-6-14/h5-8,15,17,20H,3-4,9-13H2,1-2H3. The molecule has 0 spiro atoms. The lowest BCUT2D eigenvalue weighted by Crippen LogP contribution is -2.53. The molecular formula is C18H27FN2. The van der Waals surface area contributed by atoms with E-state index in [0.29, 0.717) is 17.5 Å². The number of rotatable bonds is 5. The van der Waals surface area contributed by atoms with Gasteiger partial charge >= 0.3 is 0 Å². The Morgan fingerprint density at radius 2 is 1.76 bits per heavy atom. The van der Waals surface area contributed by atoms with Crippen molar-refractivity contribution in [3.8, 4) is 0 Å². The molecule has 0 radical (unpaired) electrons. The van der Waals surface area contributed by atoms with Gasteiger partial charge < -0.3 is 10.2 Å². The first-order valence-corrected chi connectivity index (χ1v) is 8.25. The minimum Gasteiger partial charge on any atom is -0.312 e. The number of nitrogens with zero attached hydrogens (tertiary/aromatic N) is 1. The highest BCUT2D eigenvalue weighted by Crippen LogP contribution is 2.38. The van der Waals surface area contributed by atoms with Crippen LogP contribution in [0.4, 0.5) is 4.39 Å². The molecule has 21 heavy (non-hydrogen) atoms. The molecule has 1 N–H and O–H groups in total. The maximum atomic E-state index is 12.9. The second kappa shape index (κ2) is 6.05. The zero-order valence-corrected chi connectivity index (χ0v) is 13.2. The summed E-state index contributed by atoms with van der Waals surface area (Å²) in [6.07, 6.45) is 7.75. The third kappa shape index (κ3) is 3.14. The van der Waals surface area contributed by atoms with E-state index in [-0.39, 0.29) is 5.82 Å². The van der Waals surface area contributed by atoms with Gasteiger partial charge in [-0.3, -0.25) is 0 Å². The number of likely N-dealkylation sites (N-methyl/N-ethyl adjacent to an activating group) is 1. The summed E-state index contributed by atoms with van der Waals surface area (Å²) in [5, 5.41) is 3.78. The first-order chi connectivity index (χ1) is 10.1. The van der Waals surface area contributed by atoms with Crippen LogP contribution in [0.15, 0.2) is 24.3 Å². The summed E-state index contributed by atoms with van der Waals surface area (Å²) in [6.45, 7) is 1.11. The first-order valence-electron chi connectivity index (χ1n) is 8.25. The summed E-state index contributed by atoms with van der Waals surface area (Å²) in [5.41, 5.74) is 1.67. The molecule has 0 bridgehead atoms. The summed E-state index contributed by atoms with van der Waals surface area (Å²) in [4.78, 5) is 2.42. The highest BCUT2D eigenvalue weighted by molar-refractivity contribution is 5.23. The molecule has 0 atom stereocenters. The van der Waals surface area contributed by atoms with Crippen molar-refractivity contribution in [1.82, 2.24) is 10.2 Å². The summed E-state index contributed by atoms with van der Waals surface area (Å²) < 4.78 is 12.9. The molecule has 2 nitrogen and oxygen atoms in total. The van der Waals surface area contributed by atoms with Gasteiger partial charge in [-0.05, 0) is 63.4 Å². The largest absolute Gasteiger partial charge is 0.312 e. The molecule has 0 saturated heterocycles. The Morgan fingerprint density at radius 3 is 2.33 bits per heavy atom. The molecule has 3 heteroatoms. The lowest BCUT2D eigenvalue weighted by Gasteiger charge is -2.42. The van der Waals surface area contributed by atoms with Crippen LogP contribution in [0.1, 0.15) is 50.0 Å². The Balaban J connectivity index is 1.47. The molecule has 2 aliphatic carbocycles. The van der Waals surface area contributed by atoms with Crippen LogP contribution in [-0.2, 0) is 0 Å². The van der Waals surface area contributed by atoms with Crippen LogP contribution in [0.5, 0.6) is 0 Å². The Hall–Kier alpha value is -0.930. The fraction of sp³-hybridized carbons (Fsp3) is 0.667. The van der Waals surface area contributed by atoms with Gasteiger partial charge in [0.1, 0.15) is 5.82 Å². The van der Waals surface area contributed by atoms with E-state index in [1.165, 1.54) is 44.1 Å².